The lowest BCUT2D eigenvalue weighted by Gasteiger charge is -2.28. The summed E-state index contributed by atoms with van der Waals surface area (Å²) in [4.78, 5) is 10.2. The number of halogens is 1. The zero-order valence-electron chi connectivity index (χ0n) is 13.3. The van der Waals surface area contributed by atoms with Crippen LogP contribution in [0.25, 0.3) is 0 Å². The molecular weight excluding hydrogens is 342 g/mol. The van der Waals surface area contributed by atoms with E-state index < -0.39 is 0 Å². The number of benzene rings is 1. The number of hydrogen-bond acceptors (Lipinski definition) is 8. The molecule has 8 nitrogen and oxygen atoms in total. The predicted octanol–water partition coefficient (Wildman–Crippen LogP) is 1.87. The Labute approximate surface area is 149 Å². The summed E-state index contributed by atoms with van der Waals surface area (Å²) in [7, 11) is 0. The van der Waals surface area contributed by atoms with E-state index >= 15 is 0 Å². The van der Waals surface area contributed by atoms with Gasteiger partial charge in [-0.15, -0.1) is 0 Å². The highest BCUT2D eigenvalue weighted by atomic mass is 35.5. The highest BCUT2D eigenvalue weighted by Gasteiger charge is 2.20. The van der Waals surface area contributed by atoms with Crippen molar-refractivity contribution in [3.63, 3.8) is 0 Å². The Bertz CT molecular complexity index is 810. The highest BCUT2D eigenvalue weighted by Crippen LogP contribution is 2.25. The molecule has 0 bridgehead atoms. The first-order valence-electron chi connectivity index (χ1n) is 7.62. The number of nitrogens with one attached hydrogen (secondary N) is 1. The van der Waals surface area contributed by atoms with Gasteiger partial charge in [0.15, 0.2) is 11.6 Å². The highest BCUT2D eigenvalue weighted by molar-refractivity contribution is 6.30. The number of nitriles is 1. The van der Waals surface area contributed by atoms with Gasteiger partial charge in [-0.2, -0.15) is 20.3 Å². The minimum Gasteiger partial charge on any atom is -0.378 e. The van der Waals surface area contributed by atoms with Crippen LogP contribution in [0.2, 0.25) is 5.02 Å². The van der Waals surface area contributed by atoms with Crippen molar-refractivity contribution in [2.45, 2.75) is 0 Å². The molecule has 128 valence electrons. The van der Waals surface area contributed by atoms with E-state index in [1.807, 2.05) is 17.0 Å². The quantitative estimate of drug-likeness (QED) is 0.634. The third kappa shape index (κ3) is 4.15. The number of hydrogen-bond donors (Lipinski definition) is 2. The number of ether oxygens (including phenoxy) is 1. The molecule has 0 amide bonds. The van der Waals surface area contributed by atoms with E-state index in [-0.39, 0.29) is 11.8 Å². The van der Waals surface area contributed by atoms with Crippen molar-refractivity contribution in [2.75, 3.05) is 42.4 Å². The molecule has 1 aliphatic heterocycles. The largest absolute Gasteiger partial charge is 0.378 e. The van der Waals surface area contributed by atoms with Gasteiger partial charge >= 0.3 is 0 Å². The SMILES string of the molecule is N#Cc1c(N/N=C\c2ccc(Cl)cc2)nc(N)nc1N1CCOCC1. The maximum atomic E-state index is 9.53. The summed E-state index contributed by atoms with van der Waals surface area (Å²) in [6.45, 7) is 2.43. The van der Waals surface area contributed by atoms with Crippen LogP contribution in [0.15, 0.2) is 29.4 Å². The van der Waals surface area contributed by atoms with Crippen molar-refractivity contribution in [2.24, 2.45) is 5.10 Å². The van der Waals surface area contributed by atoms with E-state index in [0.717, 1.165) is 5.56 Å². The second-order valence-electron chi connectivity index (χ2n) is 5.26. The van der Waals surface area contributed by atoms with E-state index in [1.165, 1.54) is 0 Å². The lowest BCUT2D eigenvalue weighted by atomic mass is 10.2. The minimum absolute atomic E-state index is 0.0738. The number of aromatic nitrogens is 2. The third-order valence-electron chi connectivity index (χ3n) is 3.58. The van der Waals surface area contributed by atoms with E-state index in [9.17, 15) is 5.26 Å². The molecule has 0 saturated carbocycles. The van der Waals surface area contributed by atoms with Gasteiger partial charge in [-0.05, 0) is 17.7 Å². The predicted molar refractivity (Wildman–Crippen MR) is 96.9 cm³/mol. The maximum Gasteiger partial charge on any atom is 0.224 e. The summed E-state index contributed by atoms with van der Waals surface area (Å²) in [5.41, 5.74) is 9.71. The van der Waals surface area contributed by atoms with Crippen molar-refractivity contribution < 1.29 is 4.74 Å². The van der Waals surface area contributed by atoms with Gasteiger partial charge in [0.2, 0.25) is 5.95 Å². The number of anilines is 3. The van der Waals surface area contributed by atoms with Crippen LogP contribution in [0.5, 0.6) is 0 Å². The number of morpholine rings is 1. The molecule has 1 fully saturated rings. The Hall–Kier alpha value is -2.89. The third-order valence-corrected chi connectivity index (χ3v) is 3.84. The molecule has 2 heterocycles. The van der Waals surface area contributed by atoms with Gasteiger partial charge in [-0.3, -0.25) is 5.43 Å². The molecule has 0 atom stereocenters. The van der Waals surface area contributed by atoms with Gasteiger partial charge in [-0.25, -0.2) is 0 Å². The Morgan fingerprint density at radius 2 is 2.00 bits per heavy atom. The van der Waals surface area contributed by atoms with Crippen LogP contribution in [0.1, 0.15) is 11.1 Å². The van der Waals surface area contributed by atoms with Crippen molar-refractivity contribution in [1.82, 2.24) is 9.97 Å². The molecule has 0 unspecified atom stereocenters. The lowest BCUT2D eigenvalue weighted by Crippen LogP contribution is -2.37. The molecule has 1 aromatic heterocycles. The summed E-state index contributed by atoms with van der Waals surface area (Å²) in [5.74, 6) is 0.828. The molecule has 1 aliphatic rings. The van der Waals surface area contributed by atoms with Crippen molar-refractivity contribution in [3.05, 3.63) is 40.4 Å². The summed E-state index contributed by atoms with van der Waals surface area (Å²) in [6, 6.07) is 9.31. The van der Waals surface area contributed by atoms with Crippen LogP contribution >= 0.6 is 11.6 Å². The molecule has 2 aromatic rings. The topological polar surface area (TPSA) is 112 Å². The van der Waals surface area contributed by atoms with Crippen LogP contribution in [0, 0.1) is 11.3 Å². The van der Waals surface area contributed by atoms with Crippen LogP contribution in [0.3, 0.4) is 0 Å². The van der Waals surface area contributed by atoms with E-state index in [1.54, 1.807) is 18.3 Å². The average molecular weight is 358 g/mol. The second kappa shape index (κ2) is 7.79. The standard InChI is InChI=1S/C16H16ClN7O/c17-12-3-1-11(2-4-12)10-20-23-14-13(9-18)15(22-16(19)21-14)24-5-7-25-8-6-24/h1-4,10H,5-8H2,(H3,19,21,22,23)/b20-10-. The number of nitrogen functional groups attached to an aromatic ring is 1. The van der Waals surface area contributed by atoms with Gasteiger partial charge in [0.05, 0.1) is 19.4 Å². The molecule has 0 radical (unpaired) electrons. The van der Waals surface area contributed by atoms with Gasteiger partial charge in [0.25, 0.3) is 0 Å². The molecule has 0 aliphatic carbocycles. The summed E-state index contributed by atoms with van der Waals surface area (Å²) < 4.78 is 5.33. The van der Waals surface area contributed by atoms with Gasteiger partial charge in [0, 0.05) is 18.1 Å². The number of hydrazone groups is 1. The average Bonchev–Trinajstić information content (AvgIpc) is 2.64. The first-order chi connectivity index (χ1) is 12.2. The lowest BCUT2D eigenvalue weighted by molar-refractivity contribution is 0.122. The molecule has 0 spiro atoms. The molecule has 3 rings (SSSR count). The fraction of sp³-hybridized carbons (Fsp3) is 0.250. The van der Waals surface area contributed by atoms with Gasteiger partial charge < -0.3 is 15.4 Å². The smallest absolute Gasteiger partial charge is 0.224 e. The monoisotopic (exact) mass is 357 g/mol. The van der Waals surface area contributed by atoms with Crippen molar-refractivity contribution >= 4 is 35.4 Å². The van der Waals surface area contributed by atoms with Crippen LogP contribution < -0.4 is 16.1 Å². The minimum atomic E-state index is 0.0738. The van der Waals surface area contributed by atoms with E-state index in [4.69, 9.17) is 22.1 Å². The molecule has 3 N–H and O–H groups in total. The Balaban J connectivity index is 1.84. The zero-order chi connectivity index (χ0) is 17.6. The van der Waals surface area contributed by atoms with Crippen LogP contribution in [-0.4, -0.2) is 42.5 Å². The molecule has 9 heteroatoms. The molecule has 25 heavy (non-hydrogen) atoms. The maximum absolute atomic E-state index is 9.53. The van der Waals surface area contributed by atoms with E-state index in [0.29, 0.717) is 42.7 Å². The van der Waals surface area contributed by atoms with Crippen molar-refractivity contribution in [1.29, 1.82) is 5.26 Å². The zero-order valence-corrected chi connectivity index (χ0v) is 14.1. The molecule has 1 aromatic carbocycles. The molecular formula is C16H16ClN7O. The first kappa shape index (κ1) is 17.0. The summed E-state index contributed by atoms with van der Waals surface area (Å²) in [6.07, 6.45) is 1.60. The summed E-state index contributed by atoms with van der Waals surface area (Å²) in [5, 5.41) is 14.3. The van der Waals surface area contributed by atoms with Crippen LogP contribution in [-0.2, 0) is 4.74 Å². The Morgan fingerprint density at radius 3 is 2.68 bits per heavy atom. The number of rotatable bonds is 4. The Kier molecular flexibility index (Phi) is 5.28. The summed E-state index contributed by atoms with van der Waals surface area (Å²) >= 11 is 5.85. The fourth-order valence-electron chi connectivity index (χ4n) is 2.37. The van der Waals surface area contributed by atoms with Gasteiger partial charge in [0.1, 0.15) is 11.6 Å². The molecule has 1 saturated heterocycles. The normalized spacial score (nSPS) is 14.5. The van der Waals surface area contributed by atoms with Gasteiger partial charge in [-0.1, -0.05) is 23.7 Å². The number of nitrogens with zero attached hydrogens (tertiary/aromatic N) is 5. The Morgan fingerprint density at radius 1 is 1.28 bits per heavy atom. The number of nitrogens with two attached hydrogens (primary N) is 1. The second-order valence-corrected chi connectivity index (χ2v) is 5.70. The van der Waals surface area contributed by atoms with E-state index in [2.05, 4.69) is 26.6 Å². The van der Waals surface area contributed by atoms with Crippen LogP contribution in [0.4, 0.5) is 17.6 Å². The van der Waals surface area contributed by atoms with Crippen molar-refractivity contribution in [3.8, 4) is 6.07 Å². The fourth-order valence-corrected chi connectivity index (χ4v) is 2.50. The first-order valence-corrected chi connectivity index (χ1v) is 8.00.